The molecule has 4 rings (SSSR count). The number of aryl methyl sites for hydroxylation is 1. The first-order valence-electron chi connectivity index (χ1n) is 8.67. The number of hydrogen-bond acceptors (Lipinski definition) is 6. The van der Waals surface area contributed by atoms with Crippen LogP contribution in [0.4, 0.5) is 16.0 Å². The summed E-state index contributed by atoms with van der Waals surface area (Å²) in [5.74, 6) is 0.00606. The van der Waals surface area contributed by atoms with Crippen LogP contribution in [0.3, 0.4) is 0 Å². The number of anilines is 3. The summed E-state index contributed by atoms with van der Waals surface area (Å²) in [6.45, 7) is 2.61. The Kier molecular flexibility index (Phi) is 5.00. The van der Waals surface area contributed by atoms with E-state index in [1.807, 2.05) is 48.0 Å². The molecule has 0 bridgehead atoms. The quantitative estimate of drug-likeness (QED) is 0.653. The van der Waals surface area contributed by atoms with Gasteiger partial charge in [0.1, 0.15) is 0 Å². The Morgan fingerprint density at radius 2 is 2.00 bits per heavy atom. The van der Waals surface area contributed by atoms with Gasteiger partial charge in [-0.05, 0) is 25.5 Å². The van der Waals surface area contributed by atoms with Crippen LogP contribution in [-0.2, 0) is 16.0 Å². The second-order valence-electron chi connectivity index (χ2n) is 6.28. The summed E-state index contributed by atoms with van der Waals surface area (Å²) < 4.78 is 0. The molecule has 0 N–H and O–H groups in total. The van der Waals surface area contributed by atoms with Crippen LogP contribution in [0.15, 0.2) is 41.1 Å². The van der Waals surface area contributed by atoms with Crippen molar-refractivity contribution in [1.29, 1.82) is 0 Å². The lowest BCUT2D eigenvalue weighted by atomic mass is 10.2. The van der Waals surface area contributed by atoms with E-state index in [0.29, 0.717) is 28.9 Å². The predicted molar refractivity (Wildman–Crippen MR) is 108 cm³/mol. The minimum absolute atomic E-state index is 0.0971. The van der Waals surface area contributed by atoms with Gasteiger partial charge in [0.2, 0.25) is 11.8 Å². The van der Waals surface area contributed by atoms with Crippen molar-refractivity contribution in [3.05, 3.63) is 52.5 Å². The highest BCUT2D eigenvalue weighted by atomic mass is 32.1. The normalized spacial score (nSPS) is 14.0. The van der Waals surface area contributed by atoms with Crippen molar-refractivity contribution < 1.29 is 9.59 Å². The minimum Gasteiger partial charge on any atom is -0.288 e. The first kappa shape index (κ1) is 17.8. The van der Waals surface area contributed by atoms with E-state index in [2.05, 4.69) is 9.97 Å². The Morgan fingerprint density at radius 1 is 1.19 bits per heavy atom. The van der Waals surface area contributed by atoms with Crippen LogP contribution < -0.4 is 9.80 Å². The van der Waals surface area contributed by atoms with E-state index < -0.39 is 0 Å². The van der Waals surface area contributed by atoms with Crippen molar-refractivity contribution in [2.45, 2.75) is 26.2 Å². The van der Waals surface area contributed by atoms with E-state index in [4.69, 9.17) is 0 Å². The topological polar surface area (TPSA) is 66.4 Å². The molecule has 1 fully saturated rings. The SMILES string of the molecule is Cc1csc(N(C(=O)Cc2csc(N3CCCC3=O)n2)c2ccccc2)n1. The number of rotatable bonds is 5. The van der Waals surface area contributed by atoms with Crippen LogP contribution in [0.5, 0.6) is 0 Å². The summed E-state index contributed by atoms with van der Waals surface area (Å²) in [4.78, 5) is 37.3. The fourth-order valence-corrected chi connectivity index (χ4v) is 4.67. The van der Waals surface area contributed by atoms with Gasteiger partial charge in [0.25, 0.3) is 0 Å². The summed E-state index contributed by atoms with van der Waals surface area (Å²) in [5, 5.41) is 5.11. The largest absolute Gasteiger partial charge is 0.288 e. The summed E-state index contributed by atoms with van der Waals surface area (Å²) in [6, 6.07) is 9.50. The molecule has 2 amide bonds. The molecule has 1 aliphatic heterocycles. The molecule has 2 aromatic heterocycles. The zero-order valence-corrected chi connectivity index (χ0v) is 16.4. The lowest BCUT2D eigenvalue weighted by Crippen LogP contribution is -2.28. The van der Waals surface area contributed by atoms with Crippen molar-refractivity contribution in [1.82, 2.24) is 9.97 Å². The number of para-hydroxylation sites is 1. The molecular weight excluding hydrogens is 380 g/mol. The number of carbonyl (C=O) groups excluding carboxylic acids is 2. The fourth-order valence-electron chi connectivity index (χ4n) is 2.97. The van der Waals surface area contributed by atoms with Gasteiger partial charge in [-0.15, -0.1) is 22.7 Å². The number of hydrogen-bond donors (Lipinski definition) is 0. The lowest BCUT2D eigenvalue weighted by molar-refractivity contribution is -0.117. The summed E-state index contributed by atoms with van der Waals surface area (Å²) in [7, 11) is 0. The monoisotopic (exact) mass is 398 g/mol. The van der Waals surface area contributed by atoms with Crippen LogP contribution in [0.1, 0.15) is 24.2 Å². The summed E-state index contributed by atoms with van der Waals surface area (Å²) >= 11 is 2.85. The molecule has 0 spiro atoms. The van der Waals surface area contributed by atoms with Gasteiger partial charge >= 0.3 is 0 Å². The number of nitrogens with zero attached hydrogens (tertiary/aromatic N) is 4. The average molecular weight is 399 g/mol. The van der Waals surface area contributed by atoms with Crippen molar-refractivity contribution in [3.63, 3.8) is 0 Å². The number of thiazole rings is 2. The molecule has 0 unspecified atom stereocenters. The third-order valence-corrected chi connectivity index (χ3v) is 6.09. The van der Waals surface area contributed by atoms with E-state index in [1.54, 1.807) is 9.80 Å². The van der Waals surface area contributed by atoms with Crippen molar-refractivity contribution in [2.75, 3.05) is 16.3 Å². The fraction of sp³-hybridized carbons (Fsp3) is 0.263. The Labute approximate surface area is 165 Å². The first-order chi connectivity index (χ1) is 13.1. The zero-order chi connectivity index (χ0) is 18.8. The number of amides is 2. The third kappa shape index (κ3) is 3.77. The predicted octanol–water partition coefficient (Wildman–Crippen LogP) is 3.94. The minimum atomic E-state index is -0.0971. The standard InChI is InChI=1S/C19H18N4O2S2/c1-13-11-26-19(20-13)23(15-6-3-2-4-7-15)17(25)10-14-12-27-18(21-14)22-9-5-8-16(22)24/h2-4,6-7,11-12H,5,8-10H2,1H3. The molecule has 0 radical (unpaired) electrons. The molecule has 0 aliphatic carbocycles. The highest BCUT2D eigenvalue weighted by molar-refractivity contribution is 7.14. The van der Waals surface area contributed by atoms with Gasteiger partial charge in [0.05, 0.1) is 23.5 Å². The Morgan fingerprint density at radius 3 is 2.67 bits per heavy atom. The summed E-state index contributed by atoms with van der Waals surface area (Å²) in [5.41, 5.74) is 2.34. The van der Waals surface area contributed by atoms with Gasteiger partial charge < -0.3 is 0 Å². The van der Waals surface area contributed by atoms with Gasteiger partial charge in [-0.3, -0.25) is 19.4 Å². The number of aromatic nitrogens is 2. The maximum Gasteiger partial charge on any atom is 0.239 e. The molecular formula is C19H18N4O2S2. The maximum atomic E-state index is 13.1. The highest BCUT2D eigenvalue weighted by Gasteiger charge is 2.26. The second kappa shape index (κ2) is 7.58. The van der Waals surface area contributed by atoms with E-state index >= 15 is 0 Å². The van der Waals surface area contributed by atoms with E-state index in [1.165, 1.54) is 22.7 Å². The molecule has 6 nitrogen and oxygen atoms in total. The van der Waals surface area contributed by atoms with E-state index in [9.17, 15) is 9.59 Å². The lowest BCUT2D eigenvalue weighted by Gasteiger charge is -2.19. The average Bonchev–Trinajstić information content (AvgIpc) is 3.38. The molecule has 27 heavy (non-hydrogen) atoms. The van der Waals surface area contributed by atoms with Gasteiger partial charge in [-0.2, -0.15) is 0 Å². The molecule has 1 aromatic carbocycles. The van der Waals surface area contributed by atoms with Gasteiger partial charge in [-0.1, -0.05) is 18.2 Å². The molecule has 0 saturated carbocycles. The number of benzene rings is 1. The van der Waals surface area contributed by atoms with Gasteiger partial charge in [-0.25, -0.2) is 9.97 Å². The Hall–Kier alpha value is -2.58. The molecule has 3 aromatic rings. The van der Waals surface area contributed by atoms with Gasteiger partial charge in [0.15, 0.2) is 10.3 Å². The van der Waals surface area contributed by atoms with Crippen LogP contribution in [0, 0.1) is 6.92 Å². The smallest absolute Gasteiger partial charge is 0.239 e. The Bertz CT molecular complexity index is 967. The molecule has 1 aliphatic rings. The number of carbonyl (C=O) groups is 2. The van der Waals surface area contributed by atoms with Gasteiger partial charge in [0, 0.05) is 23.7 Å². The highest BCUT2D eigenvalue weighted by Crippen LogP contribution is 2.30. The van der Waals surface area contributed by atoms with Crippen LogP contribution in [-0.4, -0.2) is 28.3 Å². The molecule has 1 saturated heterocycles. The summed E-state index contributed by atoms with van der Waals surface area (Å²) in [6.07, 6.45) is 1.59. The first-order valence-corrected chi connectivity index (χ1v) is 10.4. The van der Waals surface area contributed by atoms with Crippen molar-refractivity contribution in [2.24, 2.45) is 0 Å². The van der Waals surface area contributed by atoms with Crippen molar-refractivity contribution >= 4 is 50.4 Å². The van der Waals surface area contributed by atoms with Crippen LogP contribution >= 0.6 is 22.7 Å². The second-order valence-corrected chi connectivity index (χ2v) is 7.96. The van der Waals surface area contributed by atoms with Crippen molar-refractivity contribution in [3.8, 4) is 0 Å². The van der Waals surface area contributed by atoms with Crippen LogP contribution in [0.2, 0.25) is 0 Å². The Balaban J connectivity index is 1.57. The maximum absolute atomic E-state index is 13.1. The molecule has 3 heterocycles. The molecule has 0 atom stereocenters. The zero-order valence-electron chi connectivity index (χ0n) is 14.8. The van der Waals surface area contributed by atoms with E-state index in [0.717, 1.165) is 17.8 Å². The van der Waals surface area contributed by atoms with Crippen LogP contribution in [0.25, 0.3) is 0 Å². The third-order valence-electron chi connectivity index (χ3n) is 4.24. The molecule has 138 valence electrons. The molecule has 8 heteroatoms. The van der Waals surface area contributed by atoms with E-state index in [-0.39, 0.29) is 18.2 Å².